The van der Waals surface area contributed by atoms with Gasteiger partial charge in [0.05, 0.1) is 18.4 Å². The van der Waals surface area contributed by atoms with Gasteiger partial charge < -0.3 is 15.2 Å². The van der Waals surface area contributed by atoms with Gasteiger partial charge in [0.25, 0.3) is 0 Å². The topological polar surface area (TPSA) is 75.6 Å². The first-order valence-corrected chi connectivity index (χ1v) is 4.55. The summed E-state index contributed by atoms with van der Waals surface area (Å²) in [5.74, 6) is -3.55. The number of ether oxygens (including phenoxy) is 1. The maximum absolute atomic E-state index is 12.1. The lowest BCUT2D eigenvalue weighted by Crippen LogP contribution is -2.30. The minimum atomic E-state index is -5.08. The number of nitrogens with one attached hydrogen (secondary N) is 1. The van der Waals surface area contributed by atoms with Crippen molar-refractivity contribution in [2.24, 2.45) is 0 Å². The van der Waals surface area contributed by atoms with Crippen molar-refractivity contribution >= 4 is 17.6 Å². The molecule has 0 saturated carbocycles. The second kappa shape index (κ2) is 4.94. The number of halogens is 3. The Hall–Kier alpha value is -2.25. The molecule has 0 unspecified atom stereocenters. The van der Waals surface area contributed by atoms with E-state index >= 15 is 0 Å². The number of aromatic hydroxyl groups is 1. The third kappa shape index (κ3) is 3.12. The Morgan fingerprint density at radius 1 is 1.33 bits per heavy atom. The number of alkyl halides is 3. The summed E-state index contributed by atoms with van der Waals surface area (Å²) in [6.45, 7) is 0. The lowest BCUT2D eigenvalue weighted by atomic mass is 10.1. The van der Waals surface area contributed by atoms with E-state index in [0.717, 1.165) is 25.3 Å². The number of methoxy groups -OCH3 is 1. The van der Waals surface area contributed by atoms with E-state index in [1.807, 2.05) is 0 Å². The summed E-state index contributed by atoms with van der Waals surface area (Å²) >= 11 is 0. The molecule has 0 heterocycles. The molecule has 0 spiro atoms. The minimum Gasteiger partial charge on any atom is -0.508 e. The summed E-state index contributed by atoms with van der Waals surface area (Å²) in [6.07, 6.45) is -5.08. The highest BCUT2D eigenvalue weighted by Crippen LogP contribution is 2.24. The highest BCUT2D eigenvalue weighted by atomic mass is 19.4. The quantitative estimate of drug-likeness (QED) is 0.628. The Kier molecular flexibility index (Phi) is 3.79. The lowest BCUT2D eigenvalue weighted by Gasteiger charge is -2.11. The largest absolute Gasteiger partial charge is 0.508 e. The van der Waals surface area contributed by atoms with Gasteiger partial charge in [0.1, 0.15) is 5.75 Å². The molecule has 1 aromatic rings. The number of hydrogen-bond acceptors (Lipinski definition) is 4. The fraction of sp³-hybridized carbons (Fsp3) is 0.200. The highest BCUT2D eigenvalue weighted by molar-refractivity contribution is 6.03. The molecule has 98 valence electrons. The Bertz CT molecular complexity index is 485. The Labute approximate surface area is 99.2 Å². The molecule has 0 radical (unpaired) electrons. The number of rotatable bonds is 2. The molecular formula is C10H8F3NO4. The van der Waals surface area contributed by atoms with Crippen LogP contribution < -0.4 is 5.32 Å². The minimum absolute atomic E-state index is 0.347. The van der Waals surface area contributed by atoms with Crippen molar-refractivity contribution < 1.29 is 32.6 Å². The summed E-state index contributed by atoms with van der Waals surface area (Å²) in [6, 6.07) is 2.88. The molecule has 18 heavy (non-hydrogen) atoms. The highest BCUT2D eigenvalue weighted by Gasteiger charge is 2.39. The Balaban J connectivity index is 3.09. The molecule has 1 amide bonds. The SMILES string of the molecule is COC(=O)c1cc(O)ccc1NC(=O)C(F)(F)F. The fourth-order valence-electron chi connectivity index (χ4n) is 1.11. The third-order valence-corrected chi connectivity index (χ3v) is 1.91. The van der Waals surface area contributed by atoms with Crippen LogP contribution in [0.1, 0.15) is 10.4 Å². The smallest absolute Gasteiger partial charge is 0.471 e. The van der Waals surface area contributed by atoms with Gasteiger partial charge in [-0.3, -0.25) is 4.79 Å². The van der Waals surface area contributed by atoms with Crippen LogP contribution in [0.15, 0.2) is 18.2 Å². The van der Waals surface area contributed by atoms with E-state index in [-0.39, 0.29) is 11.3 Å². The number of phenols is 1. The average molecular weight is 263 g/mol. The molecule has 8 heteroatoms. The van der Waals surface area contributed by atoms with Crippen LogP contribution in [0.2, 0.25) is 0 Å². The number of anilines is 1. The zero-order valence-corrected chi connectivity index (χ0v) is 9.04. The first kappa shape index (κ1) is 13.8. The summed E-state index contributed by atoms with van der Waals surface area (Å²) in [5.41, 5.74) is -0.780. The van der Waals surface area contributed by atoms with Crippen LogP contribution in [-0.2, 0) is 9.53 Å². The number of carbonyl (C=O) groups is 2. The summed E-state index contributed by atoms with van der Waals surface area (Å²) in [5, 5.41) is 10.7. The Morgan fingerprint density at radius 3 is 2.44 bits per heavy atom. The average Bonchev–Trinajstić information content (AvgIpc) is 2.29. The number of esters is 1. The van der Waals surface area contributed by atoms with E-state index < -0.39 is 23.7 Å². The third-order valence-electron chi connectivity index (χ3n) is 1.91. The van der Waals surface area contributed by atoms with Crippen molar-refractivity contribution in [2.45, 2.75) is 6.18 Å². The van der Waals surface area contributed by atoms with E-state index in [1.165, 1.54) is 5.32 Å². The molecule has 0 bridgehead atoms. The molecule has 1 rings (SSSR count). The summed E-state index contributed by atoms with van der Waals surface area (Å²) < 4.78 is 40.5. The van der Waals surface area contributed by atoms with Gasteiger partial charge in [-0.15, -0.1) is 0 Å². The molecule has 0 aliphatic carbocycles. The van der Waals surface area contributed by atoms with Crippen molar-refractivity contribution in [2.75, 3.05) is 12.4 Å². The van der Waals surface area contributed by atoms with Crippen LogP contribution in [-0.4, -0.2) is 30.3 Å². The Morgan fingerprint density at radius 2 is 1.94 bits per heavy atom. The van der Waals surface area contributed by atoms with Crippen LogP contribution in [0.4, 0.5) is 18.9 Å². The zero-order chi connectivity index (χ0) is 13.9. The molecule has 0 aromatic heterocycles. The normalized spacial score (nSPS) is 10.9. The summed E-state index contributed by atoms with van der Waals surface area (Å²) in [7, 11) is 1.02. The second-order valence-electron chi connectivity index (χ2n) is 3.17. The summed E-state index contributed by atoms with van der Waals surface area (Å²) in [4.78, 5) is 22.0. The number of amides is 1. The first-order chi connectivity index (χ1) is 8.25. The van der Waals surface area contributed by atoms with Gasteiger partial charge in [-0.2, -0.15) is 13.2 Å². The molecule has 1 aromatic carbocycles. The molecule has 5 nitrogen and oxygen atoms in total. The zero-order valence-electron chi connectivity index (χ0n) is 9.04. The van der Waals surface area contributed by atoms with E-state index in [9.17, 15) is 22.8 Å². The van der Waals surface area contributed by atoms with E-state index in [1.54, 1.807) is 0 Å². The maximum Gasteiger partial charge on any atom is 0.471 e. The van der Waals surface area contributed by atoms with Crippen LogP contribution >= 0.6 is 0 Å². The van der Waals surface area contributed by atoms with Gasteiger partial charge in [-0.25, -0.2) is 4.79 Å². The van der Waals surface area contributed by atoms with Gasteiger partial charge in [0, 0.05) is 0 Å². The predicted molar refractivity (Wildman–Crippen MR) is 54.1 cm³/mol. The van der Waals surface area contributed by atoms with Gasteiger partial charge in [0.15, 0.2) is 0 Å². The predicted octanol–water partition coefficient (Wildman–Crippen LogP) is 1.68. The van der Waals surface area contributed by atoms with Crippen molar-refractivity contribution in [1.82, 2.24) is 0 Å². The molecule has 0 aliphatic heterocycles. The molecule has 2 N–H and O–H groups in total. The number of benzene rings is 1. The monoisotopic (exact) mass is 263 g/mol. The second-order valence-corrected chi connectivity index (χ2v) is 3.17. The van der Waals surface area contributed by atoms with E-state index in [4.69, 9.17) is 5.11 Å². The van der Waals surface area contributed by atoms with Crippen molar-refractivity contribution in [3.05, 3.63) is 23.8 Å². The van der Waals surface area contributed by atoms with E-state index in [0.29, 0.717) is 0 Å². The maximum atomic E-state index is 12.1. The number of hydrogen-bond donors (Lipinski definition) is 2. The standard InChI is InChI=1S/C10H8F3NO4/c1-18-8(16)6-4-5(15)2-3-7(6)14-9(17)10(11,12)13/h2-4,15H,1H3,(H,14,17). The van der Waals surface area contributed by atoms with Gasteiger partial charge in [-0.05, 0) is 18.2 Å². The first-order valence-electron chi connectivity index (χ1n) is 4.55. The van der Waals surface area contributed by atoms with Gasteiger partial charge in [-0.1, -0.05) is 0 Å². The molecule has 0 atom stereocenters. The van der Waals surface area contributed by atoms with Crippen molar-refractivity contribution in [3.8, 4) is 5.75 Å². The van der Waals surface area contributed by atoms with Crippen molar-refractivity contribution in [1.29, 1.82) is 0 Å². The van der Waals surface area contributed by atoms with Crippen LogP contribution in [0.25, 0.3) is 0 Å². The molecular weight excluding hydrogens is 255 g/mol. The van der Waals surface area contributed by atoms with Crippen LogP contribution in [0.5, 0.6) is 5.75 Å². The number of phenolic OH excluding ortho intramolecular Hbond substituents is 1. The lowest BCUT2D eigenvalue weighted by molar-refractivity contribution is -0.167. The molecule has 0 saturated heterocycles. The van der Waals surface area contributed by atoms with Crippen LogP contribution in [0, 0.1) is 0 Å². The number of carbonyl (C=O) groups excluding carboxylic acids is 2. The van der Waals surface area contributed by atoms with E-state index in [2.05, 4.69) is 4.74 Å². The van der Waals surface area contributed by atoms with Gasteiger partial charge in [0.2, 0.25) is 0 Å². The molecule has 0 fully saturated rings. The van der Waals surface area contributed by atoms with Gasteiger partial charge >= 0.3 is 18.1 Å². The van der Waals surface area contributed by atoms with Crippen molar-refractivity contribution in [3.63, 3.8) is 0 Å². The molecule has 0 aliphatic rings. The fourth-order valence-corrected chi connectivity index (χ4v) is 1.11. The van der Waals surface area contributed by atoms with Crippen LogP contribution in [0.3, 0.4) is 0 Å².